The monoisotopic (exact) mass is 256 g/mol. The first-order valence-electron chi connectivity index (χ1n) is 4.49. The molecule has 0 radical (unpaired) electrons. The molecular formula is C10H7BCl2O3. The molecule has 0 spiro atoms. The molecule has 2 aromatic rings. The first-order chi connectivity index (χ1) is 7.66. The highest BCUT2D eigenvalue weighted by atomic mass is 35.5. The molecule has 0 amide bonds. The van der Waals surface area contributed by atoms with Gasteiger partial charge in [0.1, 0.15) is 0 Å². The van der Waals surface area contributed by atoms with Crippen molar-refractivity contribution in [2.45, 2.75) is 0 Å². The highest BCUT2D eigenvalue weighted by Crippen LogP contribution is 2.46. The molecule has 2 rings (SSSR count). The van der Waals surface area contributed by atoms with E-state index < -0.39 is 7.69 Å². The second kappa shape index (κ2) is 4.41. The van der Waals surface area contributed by atoms with Crippen LogP contribution in [0, 0.1) is 0 Å². The van der Waals surface area contributed by atoms with E-state index in [9.17, 15) is 5.11 Å². The van der Waals surface area contributed by atoms with Crippen molar-refractivity contribution >= 4 is 41.7 Å². The quantitative estimate of drug-likeness (QED) is 0.812. The summed E-state index contributed by atoms with van der Waals surface area (Å²) in [6, 6.07) is 7.08. The maximum absolute atomic E-state index is 9.76. The maximum atomic E-state index is 9.76. The Labute approximate surface area is 102 Å². The van der Waals surface area contributed by atoms with Crippen LogP contribution in [-0.2, 0) is 0 Å². The number of aromatic hydroxyl groups is 1. The zero-order valence-corrected chi connectivity index (χ0v) is 9.59. The SMILES string of the molecule is OBOc1c(O)c(Cl)c2ccccc2c1Cl. The lowest BCUT2D eigenvalue weighted by atomic mass is 10.1. The molecule has 2 aromatic carbocycles. The second-order valence-electron chi connectivity index (χ2n) is 3.12. The predicted octanol–water partition coefficient (Wildman–Crippen LogP) is 2.49. The third-order valence-corrected chi connectivity index (χ3v) is 2.99. The van der Waals surface area contributed by atoms with Crippen LogP contribution >= 0.6 is 23.2 Å². The van der Waals surface area contributed by atoms with E-state index in [1.54, 1.807) is 24.3 Å². The van der Waals surface area contributed by atoms with Gasteiger partial charge in [0.05, 0.1) is 10.0 Å². The van der Waals surface area contributed by atoms with Crippen LogP contribution in [0.5, 0.6) is 11.5 Å². The highest BCUT2D eigenvalue weighted by molar-refractivity contribution is 6.43. The number of fused-ring (bicyclic) bond motifs is 1. The Morgan fingerprint density at radius 2 is 1.62 bits per heavy atom. The third kappa shape index (κ3) is 1.69. The van der Waals surface area contributed by atoms with E-state index in [0.717, 1.165) is 0 Å². The zero-order valence-electron chi connectivity index (χ0n) is 8.08. The summed E-state index contributed by atoms with van der Waals surface area (Å²) < 4.78 is 4.85. The largest absolute Gasteiger partial charge is 0.535 e. The number of rotatable bonds is 2. The minimum Gasteiger partial charge on any atom is -0.535 e. The lowest BCUT2D eigenvalue weighted by Gasteiger charge is -2.12. The van der Waals surface area contributed by atoms with E-state index >= 15 is 0 Å². The highest BCUT2D eigenvalue weighted by Gasteiger charge is 2.17. The van der Waals surface area contributed by atoms with Crippen LogP contribution < -0.4 is 4.65 Å². The average molecular weight is 257 g/mol. The van der Waals surface area contributed by atoms with Crippen LogP contribution in [0.4, 0.5) is 0 Å². The van der Waals surface area contributed by atoms with Crippen molar-refractivity contribution < 1.29 is 14.8 Å². The van der Waals surface area contributed by atoms with Gasteiger partial charge in [-0.2, -0.15) is 0 Å². The van der Waals surface area contributed by atoms with E-state index in [0.29, 0.717) is 10.8 Å². The molecule has 3 nitrogen and oxygen atoms in total. The molecule has 0 fully saturated rings. The fourth-order valence-corrected chi connectivity index (χ4v) is 2.08. The Morgan fingerprint density at radius 1 is 1.06 bits per heavy atom. The van der Waals surface area contributed by atoms with Crippen molar-refractivity contribution in [3.05, 3.63) is 34.3 Å². The Kier molecular flexibility index (Phi) is 3.14. The van der Waals surface area contributed by atoms with Gasteiger partial charge >= 0.3 is 7.69 Å². The third-order valence-electron chi connectivity index (χ3n) is 2.23. The van der Waals surface area contributed by atoms with Gasteiger partial charge in [-0.25, -0.2) is 0 Å². The van der Waals surface area contributed by atoms with Crippen LogP contribution in [-0.4, -0.2) is 17.8 Å². The molecule has 0 aliphatic carbocycles. The molecule has 0 aliphatic heterocycles. The van der Waals surface area contributed by atoms with Crippen LogP contribution in [0.25, 0.3) is 10.8 Å². The topological polar surface area (TPSA) is 49.7 Å². The van der Waals surface area contributed by atoms with Gasteiger partial charge in [0.25, 0.3) is 0 Å². The van der Waals surface area contributed by atoms with E-state index in [2.05, 4.69) is 0 Å². The predicted molar refractivity (Wildman–Crippen MR) is 65.6 cm³/mol. The lowest BCUT2D eigenvalue weighted by Crippen LogP contribution is -2.01. The van der Waals surface area contributed by atoms with Crippen LogP contribution in [0.3, 0.4) is 0 Å². The van der Waals surface area contributed by atoms with Crippen molar-refractivity contribution in [1.29, 1.82) is 0 Å². The van der Waals surface area contributed by atoms with Gasteiger partial charge in [0, 0.05) is 10.8 Å². The molecule has 16 heavy (non-hydrogen) atoms. The fraction of sp³-hybridized carbons (Fsp3) is 0. The van der Waals surface area contributed by atoms with E-state index in [1.165, 1.54) is 0 Å². The van der Waals surface area contributed by atoms with E-state index in [-0.39, 0.29) is 21.5 Å². The Morgan fingerprint density at radius 3 is 2.19 bits per heavy atom. The minimum absolute atomic E-state index is 0.00660. The molecule has 0 aromatic heterocycles. The van der Waals surface area contributed by atoms with Crippen molar-refractivity contribution in [2.24, 2.45) is 0 Å². The normalized spacial score (nSPS) is 10.4. The first kappa shape index (κ1) is 11.4. The molecule has 82 valence electrons. The van der Waals surface area contributed by atoms with Crippen LogP contribution in [0.2, 0.25) is 10.0 Å². The van der Waals surface area contributed by atoms with Crippen molar-refractivity contribution in [3.8, 4) is 11.5 Å². The summed E-state index contributed by atoms with van der Waals surface area (Å²) in [6.45, 7) is 0. The van der Waals surface area contributed by atoms with E-state index in [4.69, 9.17) is 32.9 Å². The van der Waals surface area contributed by atoms with Crippen molar-refractivity contribution in [1.82, 2.24) is 0 Å². The zero-order chi connectivity index (χ0) is 11.7. The Bertz CT molecular complexity index is 545. The van der Waals surface area contributed by atoms with Crippen LogP contribution in [0.1, 0.15) is 0 Å². The van der Waals surface area contributed by atoms with Gasteiger partial charge in [-0.05, 0) is 0 Å². The van der Waals surface area contributed by atoms with Gasteiger partial charge in [0.15, 0.2) is 11.5 Å². The number of phenols is 1. The summed E-state index contributed by atoms with van der Waals surface area (Å²) in [5, 5.41) is 20.1. The van der Waals surface area contributed by atoms with Gasteiger partial charge in [0.2, 0.25) is 0 Å². The molecule has 0 atom stereocenters. The van der Waals surface area contributed by atoms with Crippen molar-refractivity contribution in [3.63, 3.8) is 0 Å². The number of hydrogen-bond donors (Lipinski definition) is 2. The first-order valence-corrected chi connectivity index (χ1v) is 5.24. The summed E-state index contributed by atoms with van der Waals surface area (Å²) in [4.78, 5) is 0. The molecule has 0 bridgehead atoms. The second-order valence-corrected chi connectivity index (χ2v) is 3.88. The van der Waals surface area contributed by atoms with Gasteiger partial charge in [-0.1, -0.05) is 47.5 Å². The molecular weight excluding hydrogens is 250 g/mol. The van der Waals surface area contributed by atoms with Crippen molar-refractivity contribution in [2.75, 3.05) is 0 Å². The number of hydrogen-bond acceptors (Lipinski definition) is 3. The number of phenolic OH excluding ortho intramolecular Hbond substituents is 1. The average Bonchev–Trinajstić information content (AvgIpc) is 2.32. The van der Waals surface area contributed by atoms with Gasteiger partial charge < -0.3 is 14.8 Å². The maximum Gasteiger partial charge on any atom is 0.504 e. The molecule has 0 saturated carbocycles. The summed E-state index contributed by atoms with van der Waals surface area (Å²) in [6.07, 6.45) is 0. The number of benzene rings is 2. The summed E-state index contributed by atoms with van der Waals surface area (Å²) in [5.41, 5.74) is 0. The molecule has 6 heteroatoms. The Hall–Kier alpha value is -1.10. The van der Waals surface area contributed by atoms with Crippen LogP contribution in [0.15, 0.2) is 24.3 Å². The summed E-state index contributed by atoms with van der Waals surface area (Å²) in [7, 11) is -0.581. The smallest absolute Gasteiger partial charge is 0.504 e. The molecule has 0 saturated heterocycles. The molecule has 2 N–H and O–H groups in total. The summed E-state index contributed by atoms with van der Waals surface area (Å²) >= 11 is 12.0. The fourth-order valence-electron chi connectivity index (χ4n) is 1.52. The van der Waals surface area contributed by atoms with Gasteiger partial charge in [-0.15, -0.1) is 0 Å². The molecule has 0 heterocycles. The minimum atomic E-state index is -0.581. The van der Waals surface area contributed by atoms with E-state index in [1.807, 2.05) is 0 Å². The summed E-state index contributed by atoms with van der Waals surface area (Å²) in [5.74, 6) is -0.271. The standard InChI is InChI=1S/C10H7BCl2O3/c12-7-5-3-1-2-4-6(5)8(13)10(9(7)14)16-11-15/h1-4,11,14-15H. The Balaban J connectivity index is 2.83. The molecule has 0 unspecified atom stereocenters. The van der Waals surface area contributed by atoms with Gasteiger partial charge in [-0.3, -0.25) is 0 Å². The lowest BCUT2D eigenvalue weighted by molar-refractivity contribution is 0.411. The molecule has 0 aliphatic rings. The number of halogens is 2.